The van der Waals surface area contributed by atoms with Crippen molar-refractivity contribution < 1.29 is 28.2 Å². The van der Waals surface area contributed by atoms with Gasteiger partial charge in [-0.1, -0.05) is 0 Å². The first-order chi connectivity index (χ1) is 13.9. The monoisotopic (exact) mass is 398 g/mol. The molecule has 0 aliphatic carbocycles. The summed E-state index contributed by atoms with van der Waals surface area (Å²) >= 11 is 0. The van der Waals surface area contributed by atoms with E-state index in [-0.39, 0.29) is 18.6 Å². The molecule has 0 fully saturated rings. The molecule has 2 heterocycles. The van der Waals surface area contributed by atoms with Gasteiger partial charge in [-0.2, -0.15) is 0 Å². The summed E-state index contributed by atoms with van der Waals surface area (Å²) in [6.07, 6.45) is 1.30. The molecule has 1 atom stereocenters. The number of hydrogen-bond acceptors (Lipinski definition) is 5. The smallest absolute Gasteiger partial charge is 0.231 e. The molecule has 2 aliphatic rings. The van der Waals surface area contributed by atoms with Gasteiger partial charge in [0.2, 0.25) is 12.5 Å². The van der Waals surface area contributed by atoms with Crippen LogP contribution in [0.15, 0.2) is 24.3 Å². The van der Waals surface area contributed by atoms with Crippen LogP contribution in [0.4, 0.5) is 0 Å². The van der Waals surface area contributed by atoms with Crippen LogP contribution in [-0.2, 0) is 6.42 Å². The standard InChI is InChI=1S/C23H28NO5/c1-14-10-15(6-7-19(14)26-4)18(25)12-17-21-16(8-9-24(17,2)3)11-20-22(23(21)27-5)29-13-28-20/h6-7,10-11,17H,8-9,12-13H2,1-5H3/q+1. The van der Waals surface area contributed by atoms with Gasteiger partial charge in [0.05, 0.1) is 46.8 Å². The molecular weight excluding hydrogens is 370 g/mol. The van der Waals surface area contributed by atoms with E-state index in [9.17, 15) is 4.79 Å². The van der Waals surface area contributed by atoms with Gasteiger partial charge in [0, 0.05) is 12.0 Å². The summed E-state index contributed by atoms with van der Waals surface area (Å²) in [5.41, 5.74) is 3.89. The van der Waals surface area contributed by atoms with Crippen LogP contribution in [0, 0.1) is 6.92 Å². The second-order valence-corrected chi connectivity index (χ2v) is 8.30. The number of rotatable bonds is 5. The topological polar surface area (TPSA) is 54.0 Å². The third-order valence-electron chi connectivity index (χ3n) is 6.18. The van der Waals surface area contributed by atoms with E-state index in [1.165, 1.54) is 5.56 Å². The molecule has 1 unspecified atom stereocenters. The van der Waals surface area contributed by atoms with Gasteiger partial charge in [0.1, 0.15) is 11.8 Å². The summed E-state index contributed by atoms with van der Waals surface area (Å²) in [5.74, 6) is 2.97. The summed E-state index contributed by atoms with van der Waals surface area (Å²) in [4.78, 5) is 13.2. The quantitative estimate of drug-likeness (QED) is 0.568. The van der Waals surface area contributed by atoms with Gasteiger partial charge in [-0.15, -0.1) is 0 Å². The molecule has 2 aliphatic heterocycles. The van der Waals surface area contributed by atoms with Crippen molar-refractivity contribution in [2.24, 2.45) is 0 Å². The molecule has 0 radical (unpaired) electrons. The van der Waals surface area contributed by atoms with Crippen molar-refractivity contribution in [3.8, 4) is 23.0 Å². The van der Waals surface area contributed by atoms with E-state index in [2.05, 4.69) is 14.1 Å². The number of nitrogens with zero attached hydrogens (tertiary/aromatic N) is 1. The minimum Gasteiger partial charge on any atom is -0.496 e. The van der Waals surface area contributed by atoms with Crippen LogP contribution in [0.1, 0.15) is 39.5 Å². The Morgan fingerprint density at radius 1 is 1.17 bits per heavy atom. The average molecular weight is 398 g/mol. The summed E-state index contributed by atoms with van der Waals surface area (Å²) < 4.78 is 23.1. The van der Waals surface area contributed by atoms with Gasteiger partial charge in [0.15, 0.2) is 17.3 Å². The Labute approximate surface area is 171 Å². The van der Waals surface area contributed by atoms with Crippen LogP contribution in [-0.4, -0.2) is 51.9 Å². The molecule has 6 nitrogen and oxygen atoms in total. The molecule has 0 amide bonds. The Balaban J connectivity index is 1.74. The van der Waals surface area contributed by atoms with Gasteiger partial charge in [-0.05, 0) is 42.3 Å². The minimum atomic E-state index is -0.0295. The predicted molar refractivity (Wildman–Crippen MR) is 109 cm³/mol. The van der Waals surface area contributed by atoms with Crippen LogP contribution in [0.25, 0.3) is 0 Å². The van der Waals surface area contributed by atoms with E-state index in [0.29, 0.717) is 28.0 Å². The fourth-order valence-corrected chi connectivity index (χ4v) is 4.46. The van der Waals surface area contributed by atoms with E-state index in [1.54, 1.807) is 14.2 Å². The third-order valence-corrected chi connectivity index (χ3v) is 6.18. The molecule has 4 rings (SSSR count). The number of benzene rings is 2. The Kier molecular flexibility index (Phi) is 4.90. The fourth-order valence-electron chi connectivity index (χ4n) is 4.46. The van der Waals surface area contributed by atoms with E-state index < -0.39 is 0 Å². The maximum absolute atomic E-state index is 13.2. The van der Waals surface area contributed by atoms with Crippen LogP contribution in [0.5, 0.6) is 23.0 Å². The van der Waals surface area contributed by atoms with Crippen molar-refractivity contribution >= 4 is 5.78 Å². The Hall–Kier alpha value is -2.73. The number of hydrogen-bond donors (Lipinski definition) is 0. The molecule has 29 heavy (non-hydrogen) atoms. The second kappa shape index (κ2) is 7.26. The lowest BCUT2D eigenvalue weighted by Crippen LogP contribution is -2.48. The highest BCUT2D eigenvalue weighted by Gasteiger charge is 2.42. The lowest BCUT2D eigenvalue weighted by molar-refractivity contribution is -0.922. The van der Waals surface area contributed by atoms with Crippen LogP contribution < -0.4 is 18.9 Å². The number of quaternary nitrogens is 1. The maximum Gasteiger partial charge on any atom is 0.231 e. The first kappa shape index (κ1) is 19.6. The van der Waals surface area contributed by atoms with E-state index in [1.807, 2.05) is 31.2 Å². The molecule has 0 spiro atoms. The molecule has 154 valence electrons. The number of ether oxygens (including phenoxy) is 4. The highest BCUT2D eigenvalue weighted by atomic mass is 16.7. The number of fused-ring (bicyclic) bond motifs is 2. The highest BCUT2D eigenvalue weighted by molar-refractivity contribution is 5.97. The Morgan fingerprint density at radius 2 is 1.97 bits per heavy atom. The maximum atomic E-state index is 13.2. The van der Waals surface area contributed by atoms with Gasteiger partial charge < -0.3 is 23.4 Å². The molecule has 0 bridgehead atoms. The number of methoxy groups -OCH3 is 2. The molecule has 2 aromatic rings. The lowest BCUT2D eigenvalue weighted by Gasteiger charge is -2.43. The van der Waals surface area contributed by atoms with Gasteiger partial charge in [-0.3, -0.25) is 4.79 Å². The van der Waals surface area contributed by atoms with Gasteiger partial charge in [0.25, 0.3) is 0 Å². The lowest BCUT2D eigenvalue weighted by atomic mass is 9.85. The molecule has 6 heteroatoms. The van der Waals surface area contributed by atoms with Crippen molar-refractivity contribution in [1.29, 1.82) is 0 Å². The van der Waals surface area contributed by atoms with Gasteiger partial charge >= 0.3 is 0 Å². The van der Waals surface area contributed by atoms with Crippen molar-refractivity contribution in [2.45, 2.75) is 25.8 Å². The fraction of sp³-hybridized carbons (Fsp3) is 0.435. The molecule has 0 aromatic heterocycles. The second-order valence-electron chi connectivity index (χ2n) is 8.30. The number of carbonyl (C=O) groups is 1. The highest BCUT2D eigenvalue weighted by Crippen LogP contribution is 2.51. The number of aryl methyl sites for hydroxylation is 1. The summed E-state index contributed by atoms with van der Waals surface area (Å²) in [6, 6.07) is 7.62. The zero-order valence-electron chi connectivity index (χ0n) is 17.7. The first-order valence-corrected chi connectivity index (χ1v) is 9.85. The summed E-state index contributed by atoms with van der Waals surface area (Å²) in [5, 5.41) is 0. The predicted octanol–water partition coefficient (Wildman–Crippen LogP) is 3.69. The van der Waals surface area contributed by atoms with E-state index >= 15 is 0 Å². The molecule has 0 N–H and O–H groups in total. The molecule has 2 aromatic carbocycles. The number of likely N-dealkylation sites (N-methyl/N-ethyl adjacent to an activating group) is 1. The summed E-state index contributed by atoms with van der Waals surface area (Å²) in [7, 11) is 7.63. The van der Waals surface area contributed by atoms with Crippen LogP contribution in [0.2, 0.25) is 0 Å². The first-order valence-electron chi connectivity index (χ1n) is 9.85. The molecular formula is C23H28NO5+. The minimum absolute atomic E-state index is 0.0295. The van der Waals surface area contributed by atoms with Crippen molar-refractivity contribution in [3.05, 3.63) is 46.5 Å². The largest absolute Gasteiger partial charge is 0.496 e. The molecule has 0 saturated heterocycles. The van der Waals surface area contributed by atoms with E-state index in [4.69, 9.17) is 18.9 Å². The van der Waals surface area contributed by atoms with Gasteiger partial charge in [-0.25, -0.2) is 0 Å². The number of ketones is 1. The van der Waals surface area contributed by atoms with Crippen molar-refractivity contribution in [3.63, 3.8) is 0 Å². The Morgan fingerprint density at radius 3 is 2.66 bits per heavy atom. The number of Topliss-reactive ketones (excluding diaryl/α,β-unsaturated/α-hetero) is 1. The molecule has 0 saturated carbocycles. The third kappa shape index (κ3) is 3.31. The Bertz CT molecular complexity index is 966. The van der Waals surface area contributed by atoms with Crippen molar-refractivity contribution in [2.75, 3.05) is 41.7 Å². The van der Waals surface area contributed by atoms with Crippen LogP contribution >= 0.6 is 0 Å². The van der Waals surface area contributed by atoms with Crippen molar-refractivity contribution in [1.82, 2.24) is 0 Å². The zero-order valence-corrected chi connectivity index (χ0v) is 17.7. The normalized spacial score (nSPS) is 18.9. The van der Waals surface area contributed by atoms with E-state index in [0.717, 1.165) is 35.6 Å². The summed E-state index contributed by atoms with van der Waals surface area (Å²) in [6.45, 7) is 3.09. The SMILES string of the molecule is COc1ccc(C(=O)CC2c3c(cc4c(c3OC)OCO4)CC[N+]2(C)C)cc1C. The zero-order chi connectivity index (χ0) is 20.8. The van der Waals surface area contributed by atoms with Crippen LogP contribution in [0.3, 0.4) is 0 Å². The average Bonchev–Trinajstić information content (AvgIpc) is 3.16. The number of carbonyl (C=O) groups excluding carboxylic acids is 1.